The van der Waals surface area contributed by atoms with Gasteiger partial charge >= 0.3 is 23.1 Å². The third-order valence-corrected chi connectivity index (χ3v) is 2.15. The van der Waals surface area contributed by atoms with Crippen LogP contribution in [0.1, 0.15) is 33.6 Å². The summed E-state index contributed by atoms with van der Waals surface area (Å²) < 4.78 is 0. The van der Waals surface area contributed by atoms with E-state index in [1.165, 1.54) is 25.9 Å². The molecule has 0 spiro atoms. The first-order valence-electron chi connectivity index (χ1n) is 4.17. The maximum absolute atomic E-state index is 2.55. The van der Waals surface area contributed by atoms with Gasteiger partial charge in [0.1, 0.15) is 0 Å². The van der Waals surface area contributed by atoms with Crippen LogP contribution >= 0.6 is 0 Å². The van der Waals surface area contributed by atoms with Crippen molar-refractivity contribution >= 4 is 23.1 Å². The second-order valence-corrected chi connectivity index (χ2v) is 4.02. The molecule has 1 aliphatic heterocycles. The van der Waals surface area contributed by atoms with E-state index in [1.807, 2.05) is 0 Å². The molecule has 0 aromatic rings. The normalized spacial score (nSPS) is 19.2. The fourth-order valence-corrected chi connectivity index (χ4v) is 1.42. The van der Waals surface area contributed by atoms with Crippen molar-refractivity contribution in [1.82, 2.24) is 4.90 Å². The molecule has 0 unspecified atom stereocenters. The number of halogens is 1. The van der Waals surface area contributed by atoms with Crippen LogP contribution in [0.2, 0.25) is 0 Å². The zero-order chi connectivity index (χ0) is 7.61. The molecule has 0 aliphatic carbocycles. The maximum Gasteiger partial charge on any atom is 2.00 e. The van der Waals surface area contributed by atoms with Crippen molar-refractivity contribution in [2.24, 2.45) is 0 Å². The number of piperidine rings is 1. The summed E-state index contributed by atoms with van der Waals surface area (Å²) in [7, 11) is 0. The van der Waals surface area contributed by atoms with Gasteiger partial charge in [0.15, 0.2) is 0 Å². The molecule has 68 valence electrons. The van der Waals surface area contributed by atoms with E-state index in [2.05, 4.69) is 32.1 Å². The van der Waals surface area contributed by atoms with Crippen molar-refractivity contribution in [3.05, 3.63) is 6.42 Å². The van der Waals surface area contributed by atoms with Crippen molar-refractivity contribution in [2.75, 3.05) is 13.1 Å². The predicted molar refractivity (Wildman–Crippen MR) is 50.6 cm³/mol. The molecule has 0 amide bonds. The quantitative estimate of drug-likeness (QED) is 0.347. The molecule has 0 saturated carbocycles. The van der Waals surface area contributed by atoms with Crippen LogP contribution in [0.3, 0.4) is 0 Å². The third kappa shape index (κ3) is 4.90. The molecule has 1 nitrogen and oxygen atoms in total. The molecule has 0 N–H and O–H groups in total. The van der Waals surface area contributed by atoms with Crippen molar-refractivity contribution < 1.29 is 12.4 Å². The molecule has 1 heterocycles. The van der Waals surface area contributed by atoms with Crippen molar-refractivity contribution in [2.45, 2.75) is 39.2 Å². The van der Waals surface area contributed by atoms with Gasteiger partial charge in [-0.2, -0.15) is 12.8 Å². The topological polar surface area (TPSA) is 3.24 Å². The number of nitrogens with zero attached hydrogens (tertiary/aromatic N) is 1. The molecule has 1 rings (SSSR count). The second-order valence-electron chi connectivity index (χ2n) is 4.02. The molecule has 1 fully saturated rings. The minimum atomic E-state index is 0. The van der Waals surface area contributed by atoms with Gasteiger partial charge in [0.05, 0.1) is 0 Å². The molecule has 0 aromatic heterocycles. The Labute approximate surface area is 98.8 Å². The molecule has 0 aromatic carbocycles. The summed E-state index contributed by atoms with van der Waals surface area (Å²) >= 11 is 0. The molecule has 1 saturated heterocycles. The van der Waals surface area contributed by atoms with Gasteiger partial charge in [0, 0.05) is 5.54 Å². The Morgan fingerprint density at radius 3 is 1.75 bits per heavy atom. The van der Waals surface area contributed by atoms with E-state index in [1.54, 1.807) is 0 Å². The van der Waals surface area contributed by atoms with Gasteiger partial charge in [-0.15, -0.1) is 0 Å². The predicted octanol–water partition coefficient (Wildman–Crippen LogP) is -1.29. The van der Waals surface area contributed by atoms with E-state index >= 15 is 0 Å². The van der Waals surface area contributed by atoms with E-state index in [0.29, 0.717) is 5.54 Å². The van der Waals surface area contributed by atoms with Crippen LogP contribution in [0.25, 0.3) is 0 Å². The molecule has 0 bridgehead atoms. The maximum atomic E-state index is 2.55. The molecule has 1 aliphatic rings. The Morgan fingerprint density at radius 1 is 1.08 bits per heavy atom. The van der Waals surface area contributed by atoms with Gasteiger partial charge in [-0.1, -0.05) is 0 Å². The van der Waals surface area contributed by atoms with E-state index < -0.39 is 0 Å². The van der Waals surface area contributed by atoms with Crippen LogP contribution in [0, 0.1) is 6.42 Å². The largest absolute Gasteiger partial charge is 2.00 e. The summed E-state index contributed by atoms with van der Waals surface area (Å²) in [4.78, 5) is 2.55. The van der Waals surface area contributed by atoms with E-state index in [-0.39, 0.29) is 35.5 Å². The summed E-state index contributed by atoms with van der Waals surface area (Å²) in [6.07, 6.45) is 4.94. The monoisotopic (exact) mass is 199 g/mol. The van der Waals surface area contributed by atoms with E-state index in [4.69, 9.17) is 0 Å². The Hall–Kier alpha value is 1.02. The zero-order valence-electron chi connectivity index (χ0n) is 8.44. The average Bonchev–Trinajstić information content (AvgIpc) is 1.88. The van der Waals surface area contributed by atoms with Gasteiger partial charge in [0.25, 0.3) is 0 Å². The Balaban J connectivity index is 0. The fraction of sp³-hybridized carbons (Fsp3) is 0.889. The van der Waals surface area contributed by atoms with Crippen molar-refractivity contribution in [1.29, 1.82) is 0 Å². The average molecular weight is 200 g/mol. The SMILES string of the molecule is CC(C)(C)N1CC[CH-]CC1.[Cl-].[Mg+2]. The van der Waals surface area contributed by atoms with Crippen LogP contribution in [-0.4, -0.2) is 46.6 Å². The number of hydrogen-bond donors (Lipinski definition) is 0. The first kappa shape index (κ1) is 15.5. The zero-order valence-corrected chi connectivity index (χ0v) is 10.6. The summed E-state index contributed by atoms with van der Waals surface area (Å²) in [6.45, 7) is 9.38. The first-order chi connectivity index (χ1) is 4.61. The number of likely N-dealkylation sites (tertiary alicyclic amines) is 1. The summed E-state index contributed by atoms with van der Waals surface area (Å²) in [5.74, 6) is 0. The fourth-order valence-electron chi connectivity index (χ4n) is 1.42. The Morgan fingerprint density at radius 2 is 1.50 bits per heavy atom. The first-order valence-corrected chi connectivity index (χ1v) is 4.17. The van der Waals surface area contributed by atoms with E-state index in [9.17, 15) is 0 Å². The van der Waals surface area contributed by atoms with Crippen LogP contribution in [0.15, 0.2) is 0 Å². The molecular formula is C9H18ClMgN. The molecular weight excluding hydrogens is 182 g/mol. The van der Waals surface area contributed by atoms with E-state index in [0.717, 1.165) is 0 Å². The van der Waals surface area contributed by atoms with Crippen LogP contribution in [0.5, 0.6) is 0 Å². The smallest absolute Gasteiger partial charge is 1.00 e. The minimum Gasteiger partial charge on any atom is -1.00 e. The molecule has 3 heteroatoms. The number of hydrogen-bond acceptors (Lipinski definition) is 1. The van der Waals surface area contributed by atoms with Gasteiger partial charge in [-0.3, -0.25) is 0 Å². The molecule has 12 heavy (non-hydrogen) atoms. The molecule has 0 atom stereocenters. The Kier molecular flexibility index (Phi) is 8.35. The van der Waals surface area contributed by atoms with Crippen LogP contribution in [0.4, 0.5) is 0 Å². The Bertz CT molecular complexity index is 106. The van der Waals surface area contributed by atoms with Crippen LogP contribution < -0.4 is 12.4 Å². The van der Waals surface area contributed by atoms with Gasteiger partial charge in [0.2, 0.25) is 0 Å². The summed E-state index contributed by atoms with van der Waals surface area (Å²) in [6, 6.07) is 0. The summed E-state index contributed by atoms with van der Waals surface area (Å²) in [5, 5.41) is 0. The minimum absolute atomic E-state index is 0. The van der Waals surface area contributed by atoms with Gasteiger partial charge in [-0.05, 0) is 33.9 Å². The van der Waals surface area contributed by atoms with Gasteiger partial charge < -0.3 is 23.7 Å². The number of rotatable bonds is 0. The standard InChI is InChI=1S/C9H18N.ClH.Mg/c1-9(2,3)10-7-5-4-6-8-10;;/h4H,5-8H2,1-3H3;1H;/q-1;;+2/p-1. The van der Waals surface area contributed by atoms with Crippen molar-refractivity contribution in [3.63, 3.8) is 0 Å². The second kappa shape index (κ2) is 6.47. The molecule has 0 radical (unpaired) electrons. The third-order valence-electron chi connectivity index (χ3n) is 2.15. The summed E-state index contributed by atoms with van der Waals surface area (Å²) in [5.41, 5.74) is 0.383. The van der Waals surface area contributed by atoms with Crippen LogP contribution in [-0.2, 0) is 0 Å². The van der Waals surface area contributed by atoms with Crippen molar-refractivity contribution in [3.8, 4) is 0 Å². The van der Waals surface area contributed by atoms with Gasteiger partial charge in [-0.25, -0.2) is 0 Å².